The molecule has 90 valence electrons. The Morgan fingerprint density at radius 2 is 1.81 bits per heavy atom. The van der Waals surface area contributed by atoms with E-state index < -0.39 is 0 Å². The zero-order chi connectivity index (χ0) is 11.7. The van der Waals surface area contributed by atoms with Crippen LogP contribution in [0.15, 0.2) is 11.6 Å². The zero-order valence-corrected chi connectivity index (χ0v) is 11.2. The van der Waals surface area contributed by atoms with Crippen molar-refractivity contribution in [1.82, 2.24) is 4.90 Å². The Morgan fingerprint density at radius 1 is 1.25 bits per heavy atom. The van der Waals surface area contributed by atoms with Crippen LogP contribution < -0.4 is 0 Å². The number of carbonyl (C=O) groups is 1. The van der Waals surface area contributed by atoms with E-state index >= 15 is 0 Å². The first kappa shape index (κ1) is 12.0. The van der Waals surface area contributed by atoms with E-state index in [1.165, 1.54) is 25.7 Å². The lowest BCUT2D eigenvalue weighted by atomic mass is 10.0. The van der Waals surface area contributed by atoms with Crippen LogP contribution in [0.3, 0.4) is 0 Å². The van der Waals surface area contributed by atoms with E-state index in [0.717, 1.165) is 10.8 Å². The molecule has 0 aliphatic carbocycles. The summed E-state index contributed by atoms with van der Waals surface area (Å²) in [6, 6.07) is 1.03. The summed E-state index contributed by atoms with van der Waals surface area (Å²) in [7, 11) is 0. The minimum Gasteiger partial charge on any atom is -0.333 e. The van der Waals surface area contributed by atoms with Crippen molar-refractivity contribution in [2.24, 2.45) is 0 Å². The molecule has 2 rings (SSSR count). The Balaban J connectivity index is 2.08. The molecule has 0 radical (unpaired) electrons. The van der Waals surface area contributed by atoms with Gasteiger partial charge < -0.3 is 4.90 Å². The summed E-state index contributed by atoms with van der Waals surface area (Å²) in [6.07, 6.45) is 8.80. The van der Waals surface area contributed by atoms with Gasteiger partial charge in [0.15, 0.2) is 0 Å². The van der Waals surface area contributed by atoms with Gasteiger partial charge in [0, 0.05) is 23.4 Å². The van der Waals surface area contributed by atoms with E-state index in [-0.39, 0.29) is 5.91 Å². The molecule has 0 aromatic heterocycles. The number of fused-ring (bicyclic) bond motifs is 2. The quantitative estimate of drug-likeness (QED) is 0.691. The molecule has 16 heavy (non-hydrogen) atoms. The molecule has 0 N–H and O–H groups in total. The van der Waals surface area contributed by atoms with Gasteiger partial charge in [-0.15, -0.1) is 0 Å². The molecule has 2 aliphatic rings. The minimum absolute atomic E-state index is 0.243. The van der Waals surface area contributed by atoms with E-state index in [1.54, 1.807) is 6.08 Å². The Morgan fingerprint density at radius 3 is 2.25 bits per heavy atom. The van der Waals surface area contributed by atoms with Crippen LogP contribution in [0.25, 0.3) is 0 Å². The number of piperidine rings is 1. The highest BCUT2D eigenvalue weighted by Gasteiger charge is 2.42. The highest BCUT2D eigenvalue weighted by atomic mass is 32.2. The van der Waals surface area contributed by atoms with E-state index in [0.29, 0.717) is 12.1 Å². The molecule has 0 spiro atoms. The van der Waals surface area contributed by atoms with Crippen LogP contribution in [-0.2, 0) is 4.79 Å². The van der Waals surface area contributed by atoms with Crippen molar-refractivity contribution in [3.05, 3.63) is 11.6 Å². The van der Waals surface area contributed by atoms with Gasteiger partial charge in [-0.25, -0.2) is 0 Å². The SMILES string of the molecule is CSC1CC2CCC(C1)N2C(=O)C=C(C)C. The van der Waals surface area contributed by atoms with E-state index in [4.69, 9.17) is 0 Å². The number of hydrogen-bond donors (Lipinski definition) is 0. The van der Waals surface area contributed by atoms with Crippen molar-refractivity contribution in [3.8, 4) is 0 Å². The third-order valence-electron chi connectivity index (χ3n) is 3.69. The predicted octanol–water partition coefficient (Wildman–Crippen LogP) is 2.84. The monoisotopic (exact) mass is 239 g/mol. The number of rotatable bonds is 2. The normalized spacial score (nSPS) is 32.7. The Bertz CT molecular complexity index is 295. The zero-order valence-electron chi connectivity index (χ0n) is 10.4. The minimum atomic E-state index is 0.243. The summed E-state index contributed by atoms with van der Waals surface area (Å²) >= 11 is 1.97. The molecule has 0 aromatic rings. The van der Waals surface area contributed by atoms with Crippen molar-refractivity contribution < 1.29 is 4.79 Å². The largest absolute Gasteiger partial charge is 0.333 e. The molecule has 3 heteroatoms. The van der Waals surface area contributed by atoms with Gasteiger partial charge in [0.25, 0.3) is 0 Å². The lowest BCUT2D eigenvalue weighted by Gasteiger charge is -2.38. The molecule has 1 amide bonds. The number of hydrogen-bond acceptors (Lipinski definition) is 2. The van der Waals surface area contributed by atoms with Crippen molar-refractivity contribution in [1.29, 1.82) is 0 Å². The highest BCUT2D eigenvalue weighted by molar-refractivity contribution is 7.99. The fourth-order valence-electron chi connectivity index (χ4n) is 3.00. The number of thioether (sulfide) groups is 1. The van der Waals surface area contributed by atoms with E-state index in [9.17, 15) is 4.79 Å². The lowest BCUT2D eigenvalue weighted by molar-refractivity contribution is -0.130. The van der Waals surface area contributed by atoms with Gasteiger partial charge in [-0.3, -0.25) is 4.79 Å². The molecule has 2 bridgehead atoms. The molecule has 2 unspecified atom stereocenters. The number of allylic oxidation sites excluding steroid dienone is 1. The average Bonchev–Trinajstić information content (AvgIpc) is 2.49. The Hall–Kier alpha value is -0.440. The van der Waals surface area contributed by atoms with Crippen molar-refractivity contribution in [2.75, 3.05) is 6.26 Å². The summed E-state index contributed by atoms with van der Waals surface area (Å²) in [6.45, 7) is 3.99. The first-order chi connectivity index (χ1) is 7.61. The van der Waals surface area contributed by atoms with Crippen LogP contribution in [0.4, 0.5) is 0 Å². The third kappa shape index (κ3) is 2.29. The van der Waals surface area contributed by atoms with Crippen LogP contribution in [-0.4, -0.2) is 34.4 Å². The molecular weight excluding hydrogens is 218 g/mol. The fourth-order valence-corrected chi connectivity index (χ4v) is 3.83. The van der Waals surface area contributed by atoms with Crippen LogP contribution in [0.1, 0.15) is 39.5 Å². The summed E-state index contributed by atoms with van der Waals surface area (Å²) < 4.78 is 0. The van der Waals surface area contributed by atoms with E-state index in [2.05, 4.69) is 11.2 Å². The number of nitrogens with zero attached hydrogens (tertiary/aromatic N) is 1. The molecule has 2 heterocycles. The van der Waals surface area contributed by atoms with Crippen molar-refractivity contribution >= 4 is 17.7 Å². The number of amides is 1. The topological polar surface area (TPSA) is 20.3 Å². The Kier molecular flexibility index (Phi) is 3.63. The van der Waals surface area contributed by atoms with Crippen LogP contribution in [0.2, 0.25) is 0 Å². The molecule has 0 aromatic carbocycles. The predicted molar refractivity (Wildman–Crippen MR) is 69.6 cm³/mol. The maximum Gasteiger partial charge on any atom is 0.246 e. The summed E-state index contributed by atoms with van der Waals surface area (Å²) in [5, 5.41) is 0.772. The molecular formula is C13H21NOS. The first-order valence-corrected chi connectivity index (χ1v) is 7.40. The van der Waals surface area contributed by atoms with Gasteiger partial charge in [-0.1, -0.05) is 5.57 Å². The van der Waals surface area contributed by atoms with Crippen molar-refractivity contribution in [2.45, 2.75) is 56.9 Å². The summed E-state index contributed by atoms with van der Waals surface area (Å²) in [5.41, 5.74) is 1.11. The van der Waals surface area contributed by atoms with Gasteiger partial charge in [0.1, 0.15) is 0 Å². The highest BCUT2D eigenvalue weighted by Crippen LogP contribution is 2.39. The summed E-state index contributed by atoms with van der Waals surface area (Å²) in [4.78, 5) is 14.3. The standard InChI is InChI=1S/C13H21NOS/c1-9(2)6-13(15)14-10-4-5-11(14)8-12(7-10)16-3/h6,10-12H,4-5,7-8H2,1-3H3. The fraction of sp³-hybridized carbons (Fsp3) is 0.769. The molecule has 2 aliphatic heterocycles. The lowest BCUT2D eigenvalue weighted by Crippen LogP contribution is -2.46. The van der Waals surface area contributed by atoms with Gasteiger partial charge in [-0.05, 0) is 45.8 Å². The molecule has 0 saturated carbocycles. The molecule has 2 nitrogen and oxygen atoms in total. The maximum atomic E-state index is 12.1. The second-order valence-electron chi connectivity index (χ2n) is 5.18. The van der Waals surface area contributed by atoms with Gasteiger partial charge in [-0.2, -0.15) is 11.8 Å². The second-order valence-corrected chi connectivity index (χ2v) is 6.32. The van der Waals surface area contributed by atoms with E-state index in [1.807, 2.05) is 25.6 Å². The average molecular weight is 239 g/mol. The summed E-state index contributed by atoms with van der Waals surface area (Å²) in [5.74, 6) is 0.243. The molecule has 2 fully saturated rings. The van der Waals surface area contributed by atoms with Crippen LogP contribution >= 0.6 is 11.8 Å². The van der Waals surface area contributed by atoms with Gasteiger partial charge in [0.05, 0.1) is 0 Å². The smallest absolute Gasteiger partial charge is 0.246 e. The first-order valence-electron chi connectivity index (χ1n) is 6.11. The van der Waals surface area contributed by atoms with Crippen molar-refractivity contribution in [3.63, 3.8) is 0 Å². The molecule has 2 saturated heterocycles. The third-order valence-corrected chi connectivity index (χ3v) is 4.74. The molecule has 2 atom stereocenters. The van der Waals surface area contributed by atoms with Gasteiger partial charge in [0.2, 0.25) is 5.91 Å². The number of carbonyl (C=O) groups excluding carboxylic acids is 1. The van der Waals surface area contributed by atoms with Gasteiger partial charge >= 0.3 is 0 Å². The van der Waals surface area contributed by atoms with Crippen LogP contribution in [0.5, 0.6) is 0 Å². The Labute approximate surface area is 102 Å². The maximum absolute atomic E-state index is 12.1. The van der Waals surface area contributed by atoms with Crippen LogP contribution in [0, 0.1) is 0 Å². The second kappa shape index (κ2) is 4.82.